The summed E-state index contributed by atoms with van der Waals surface area (Å²) in [5.74, 6) is -2.06. The number of rotatable bonds is 5. The number of likely N-dealkylation sites (N-methyl/N-ethyl adjacent to an activating group) is 1. The van der Waals surface area contributed by atoms with Gasteiger partial charge in [0, 0.05) is 4.47 Å². The summed E-state index contributed by atoms with van der Waals surface area (Å²) in [6.45, 7) is -0.377. The second-order valence-electron chi connectivity index (χ2n) is 3.74. The number of carbonyl (C=O) groups excluding carboxylic acids is 1. The van der Waals surface area contributed by atoms with Crippen LogP contribution in [0.5, 0.6) is 0 Å². The molecule has 0 heterocycles. The SMILES string of the molecule is CN(CC(=O)O)CC(=O)Nc1ccc(Br)cc1F. The summed E-state index contributed by atoms with van der Waals surface area (Å²) in [7, 11) is 1.49. The highest BCUT2D eigenvalue weighted by molar-refractivity contribution is 9.10. The summed E-state index contributed by atoms with van der Waals surface area (Å²) < 4.78 is 14.0. The van der Waals surface area contributed by atoms with Gasteiger partial charge in [0.05, 0.1) is 18.8 Å². The highest BCUT2D eigenvalue weighted by atomic mass is 79.9. The van der Waals surface area contributed by atoms with Crippen molar-refractivity contribution in [3.63, 3.8) is 0 Å². The number of carbonyl (C=O) groups is 2. The summed E-state index contributed by atoms with van der Waals surface area (Å²) in [6, 6.07) is 4.25. The van der Waals surface area contributed by atoms with Gasteiger partial charge in [-0.2, -0.15) is 0 Å². The minimum Gasteiger partial charge on any atom is -0.480 e. The van der Waals surface area contributed by atoms with Crippen molar-refractivity contribution in [1.29, 1.82) is 0 Å². The van der Waals surface area contributed by atoms with Crippen LogP contribution in [0.1, 0.15) is 0 Å². The predicted molar refractivity (Wildman–Crippen MR) is 67.9 cm³/mol. The maximum Gasteiger partial charge on any atom is 0.317 e. The molecule has 5 nitrogen and oxygen atoms in total. The van der Waals surface area contributed by atoms with E-state index in [4.69, 9.17) is 5.11 Å². The van der Waals surface area contributed by atoms with Crippen LogP contribution < -0.4 is 5.32 Å². The molecule has 0 bridgehead atoms. The van der Waals surface area contributed by atoms with Gasteiger partial charge < -0.3 is 10.4 Å². The zero-order chi connectivity index (χ0) is 13.7. The number of carboxylic acid groups (broad SMARTS) is 1. The molecule has 0 aliphatic heterocycles. The number of halogens is 2. The van der Waals surface area contributed by atoms with Gasteiger partial charge in [0.25, 0.3) is 0 Å². The molecule has 0 fully saturated rings. The predicted octanol–water partition coefficient (Wildman–Crippen LogP) is 1.54. The number of aliphatic carboxylic acids is 1. The first kappa shape index (κ1) is 14.6. The largest absolute Gasteiger partial charge is 0.480 e. The Bertz CT molecular complexity index is 468. The molecule has 0 aliphatic rings. The molecule has 0 spiro atoms. The number of benzene rings is 1. The Labute approximate surface area is 112 Å². The zero-order valence-corrected chi connectivity index (χ0v) is 11.2. The number of nitrogens with zero attached hydrogens (tertiary/aromatic N) is 1. The van der Waals surface area contributed by atoms with Gasteiger partial charge in [-0.15, -0.1) is 0 Å². The molecule has 98 valence electrons. The normalized spacial score (nSPS) is 10.4. The average molecular weight is 319 g/mol. The van der Waals surface area contributed by atoms with E-state index < -0.39 is 17.7 Å². The highest BCUT2D eigenvalue weighted by Gasteiger charge is 2.11. The van der Waals surface area contributed by atoms with Crippen molar-refractivity contribution in [1.82, 2.24) is 4.90 Å². The van der Waals surface area contributed by atoms with Gasteiger partial charge in [0.2, 0.25) is 5.91 Å². The fourth-order valence-electron chi connectivity index (χ4n) is 1.31. The molecule has 1 aromatic carbocycles. The molecule has 18 heavy (non-hydrogen) atoms. The monoisotopic (exact) mass is 318 g/mol. The van der Waals surface area contributed by atoms with E-state index in [2.05, 4.69) is 21.2 Å². The lowest BCUT2D eigenvalue weighted by atomic mass is 10.3. The molecular formula is C11H12BrFN2O3. The van der Waals surface area contributed by atoms with Crippen LogP contribution in [0.3, 0.4) is 0 Å². The molecule has 1 amide bonds. The quantitative estimate of drug-likeness (QED) is 0.864. The highest BCUT2D eigenvalue weighted by Crippen LogP contribution is 2.19. The number of amides is 1. The molecule has 0 atom stereocenters. The lowest BCUT2D eigenvalue weighted by Gasteiger charge is -2.13. The lowest BCUT2D eigenvalue weighted by molar-refractivity contribution is -0.138. The van der Waals surface area contributed by atoms with Gasteiger partial charge in [-0.05, 0) is 25.2 Å². The molecule has 0 aromatic heterocycles. The number of hydrogen-bond acceptors (Lipinski definition) is 3. The first-order chi connectivity index (χ1) is 8.38. The molecule has 0 aliphatic carbocycles. The Kier molecular flexibility index (Phi) is 5.24. The van der Waals surface area contributed by atoms with E-state index >= 15 is 0 Å². The molecule has 0 radical (unpaired) electrons. The summed E-state index contributed by atoms with van der Waals surface area (Å²) >= 11 is 3.10. The zero-order valence-electron chi connectivity index (χ0n) is 9.61. The third-order valence-electron chi connectivity index (χ3n) is 2.02. The molecule has 2 N–H and O–H groups in total. The van der Waals surface area contributed by atoms with Gasteiger partial charge in [0.15, 0.2) is 0 Å². The molecular weight excluding hydrogens is 307 g/mol. The summed E-state index contributed by atoms with van der Waals surface area (Å²) in [6.07, 6.45) is 0. The first-order valence-corrected chi connectivity index (χ1v) is 5.83. The average Bonchev–Trinajstić information content (AvgIpc) is 2.20. The second-order valence-corrected chi connectivity index (χ2v) is 4.65. The van der Waals surface area contributed by atoms with Crippen molar-refractivity contribution < 1.29 is 19.1 Å². The molecule has 0 saturated carbocycles. The molecule has 1 rings (SSSR count). The number of nitrogens with one attached hydrogen (secondary N) is 1. The molecule has 7 heteroatoms. The van der Waals surface area contributed by atoms with Crippen molar-refractivity contribution >= 4 is 33.5 Å². The Morgan fingerprint density at radius 3 is 2.67 bits per heavy atom. The third-order valence-corrected chi connectivity index (χ3v) is 2.52. The van der Waals surface area contributed by atoms with E-state index in [9.17, 15) is 14.0 Å². The molecule has 0 saturated heterocycles. The van der Waals surface area contributed by atoms with E-state index in [1.54, 1.807) is 6.07 Å². The van der Waals surface area contributed by atoms with Gasteiger partial charge in [0.1, 0.15) is 5.82 Å². The van der Waals surface area contributed by atoms with Crippen LogP contribution in [-0.2, 0) is 9.59 Å². The maximum absolute atomic E-state index is 13.4. The molecule has 1 aromatic rings. The van der Waals surface area contributed by atoms with Crippen LogP contribution in [0, 0.1) is 5.82 Å². The fourth-order valence-corrected chi connectivity index (χ4v) is 1.65. The summed E-state index contributed by atoms with van der Waals surface area (Å²) in [5.41, 5.74) is 0.0620. The smallest absolute Gasteiger partial charge is 0.317 e. The van der Waals surface area contributed by atoms with Gasteiger partial charge >= 0.3 is 5.97 Å². The van der Waals surface area contributed by atoms with E-state index in [0.717, 1.165) is 0 Å². The Balaban J connectivity index is 2.56. The van der Waals surface area contributed by atoms with Crippen molar-refractivity contribution in [3.05, 3.63) is 28.5 Å². The minimum atomic E-state index is -1.03. The van der Waals surface area contributed by atoms with Crippen molar-refractivity contribution in [3.8, 4) is 0 Å². The maximum atomic E-state index is 13.4. The number of hydrogen-bond donors (Lipinski definition) is 2. The third kappa shape index (κ3) is 4.80. The van der Waals surface area contributed by atoms with Crippen LogP contribution >= 0.6 is 15.9 Å². The van der Waals surface area contributed by atoms with E-state index in [-0.39, 0.29) is 18.8 Å². The fraction of sp³-hybridized carbons (Fsp3) is 0.273. The van der Waals surface area contributed by atoms with Crippen LogP contribution in [0.15, 0.2) is 22.7 Å². The van der Waals surface area contributed by atoms with Crippen molar-refractivity contribution in [2.45, 2.75) is 0 Å². The van der Waals surface area contributed by atoms with Crippen LogP contribution in [-0.4, -0.2) is 42.0 Å². The second kappa shape index (κ2) is 6.46. The Morgan fingerprint density at radius 2 is 2.11 bits per heavy atom. The van der Waals surface area contributed by atoms with Crippen LogP contribution in [0.4, 0.5) is 10.1 Å². The summed E-state index contributed by atoms with van der Waals surface area (Å²) in [4.78, 5) is 23.2. The Hall–Kier alpha value is -1.47. The van der Waals surface area contributed by atoms with E-state index in [0.29, 0.717) is 4.47 Å². The Morgan fingerprint density at radius 1 is 1.44 bits per heavy atom. The number of carboxylic acids is 1. The van der Waals surface area contributed by atoms with Crippen LogP contribution in [0.2, 0.25) is 0 Å². The van der Waals surface area contributed by atoms with E-state index in [1.165, 1.54) is 24.1 Å². The van der Waals surface area contributed by atoms with E-state index in [1.807, 2.05) is 0 Å². The van der Waals surface area contributed by atoms with Crippen molar-refractivity contribution in [2.75, 3.05) is 25.5 Å². The first-order valence-electron chi connectivity index (χ1n) is 5.03. The van der Waals surface area contributed by atoms with Gasteiger partial charge in [-0.3, -0.25) is 14.5 Å². The standard InChI is InChI=1S/C11H12BrFN2O3/c1-15(6-11(17)18)5-10(16)14-9-3-2-7(12)4-8(9)13/h2-4H,5-6H2,1H3,(H,14,16)(H,17,18). The van der Waals surface area contributed by atoms with Gasteiger partial charge in [-0.25, -0.2) is 4.39 Å². The topological polar surface area (TPSA) is 69.6 Å². The van der Waals surface area contributed by atoms with Crippen LogP contribution in [0.25, 0.3) is 0 Å². The van der Waals surface area contributed by atoms with Gasteiger partial charge in [-0.1, -0.05) is 15.9 Å². The van der Waals surface area contributed by atoms with Crippen molar-refractivity contribution in [2.24, 2.45) is 0 Å². The molecule has 0 unspecified atom stereocenters. The lowest BCUT2D eigenvalue weighted by Crippen LogP contribution is -2.34. The minimum absolute atomic E-state index is 0.0620. The number of anilines is 1. The summed E-state index contributed by atoms with van der Waals surface area (Å²) in [5, 5.41) is 10.9.